The van der Waals surface area contributed by atoms with Crippen molar-refractivity contribution in [1.29, 1.82) is 0 Å². The van der Waals surface area contributed by atoms with Crippen LogP contribution in [0.25, 0.3) is 10.9 Å². The second-order valence-electron chi connectivity index (χ2n) is 7.26. The molecule has 9 heteroatoms. The zero-order valence-electron chi connectivity index (χ0n) is 16.0. The first-order valence-corrected chi connectivity index (χ1v) is 9.45. The Morgan fingerprint density at radius 3 is 2.55 bits per heavy atom. The number of nitrogens with zero attached hydrogens (tertiary/aromatic N) is 1. The lowest BCUT2D eigenvalue weighted by Crippen LogP contribution is -2.40. The van der Waals surface area contributed by atoms with Gasteiger partial charge in [0.05, 0.1) is 0 Å². The molecule has 2 aromatic rings. The molecule has 0 unspecified atom stereocenters. The Balaban J connectivity index is 1.43. The number of para-hydroxylation sites is 1. The molecule has 1 amide bonds. The van der Waals surface area contributed by atoms with Gasteiger partial charge in [0.25, 0.3) is 0 Å². The van der Waals surface area contributed by atoms with Crippen LogP contribution in [0.3, 0.4) is 0 Å². The highest BCUT2D eigenvalue weighted by atomic mass is 19.4. The summed E-state index contributed by atoms with van der Waals surface area (Å²) >= 11 is 0. The van der Waals surface area contributed by atoms with E-state index < -0.39 is 18.9 Å². The molecule has 0 spiro atoms. The van der Waals surface area contributed by atoms with E-state index in [1.54, 1.807) is 0 Å². The number of alkyl halides is 3. The van der Waals surface area contributed by atoms with Crippen LogP contribution in [0.2, 0.25) is 0 Å². The maximum atomic E-state index is 12.3. The maximum absolute atomic E-state index is 12.3. The number of carbonyl (C=O) groups is 2. The van der Waals surface area contributed by atoms with Gasteiger partial charge in [-0.05, 0) is 44.2 Å². The number of benzene rings is 1. The number of fused-ring (bicyclic) bond motifs is 1. The van der Waals surface area contributed by atoms with E-state index in [2.05, 4.69) is 10.1 Å². The SMILES string of the molecule is Cc1cn(CC(=O)OC2CCC(NC(=O)OCC(F)(F)F)CC2)c2ccccc12. The Bertz CT molecular complexity index is 870. The molecule has 0 bridgehead atoms. The number of ether oxygens (including phenoxy) is 2. The Morgan fingerprint density at radius 1 is 1.17 bits per heavy atom. The topological polar surface area (TPSA) is 69.6 Å². The number of halogens is 3. The molecular weight excluding hydrogens is 389 g/mol. The fourth-order valence-electron chi connectivity index (χ4n) is 3.60. The lowest BCUT2D eigenvalue weighted by molar-refractivity contribution is -0.160. The van der Waals surface area contributed by atoms with Crippen LogP contribution in [0, 0.1) is 6.92 Å². The number of hydrogen-bond acceptors (Lipinski definition) is 4. The van der Waals surface area contributed by atoms with E-state index >= 15 is 0 Å². The predicted molar refractivity (Wildman–Crippen MR) is 99.3 cm³/mol. The van der Waals surface area contributed by atoms with E-state index in [1.165, 1.54) is 0 Å². The summed E-state index contributed by atoms with van der Waals surface area (Å²) in [5.74, 6) is -0.341. The minimum absolute atomic E-state index is 0.107. The van der Waals surface area contributed by atoms with Gasteiger partial charge in [-0.2, -0.15) is 13.2 Å². The summed E-state index contributed by atoms with van der Waals surface area (Å²) in [5.41, 5.74) is 2.05. The Labute approximate surface area is 166 Å². The molecule has 0 radical (unpaired) electrons. The Hall–Kier alpha value is -2.71. The van der Waals surface area contributed by atoms with E-state index in [4.69, 9.17) is 4.74 Å². The van der Waals surface area contributed by atoms with Crippen LogP contribution in [0.1, 0.15) is 31.2 Å². The zero-order chi connectivity index (χ0) is 21.0. The summed E-state index contributed by atoms with van der Waals surface area (Å²) in [7, 11) is 0. The van der Waals surface area contributed by atoms with Crippen LogP contribution in [0.15, 0.2) is 30.5 Å². The van der Waals surface area contributed by atoms with Crippen molar-refractivity contribution in [1.82, 2.24) is 9.88 Å². The van der Waals surface area contributed by atoms with Crippen molar-refractivity contribution >= 4 is 23.0 Å². The van der Waals surface area contributed by atoms with Crippen molar-refractivity contribution in [2.24, 2.45) is 0 Å². The summed E-state index contributed by atoms with van der Waals surface area (Å²) < 4.78 is 47.7. The molecule has 1 saturated carbocycles. The maximum Gasteiger partial charge on any atom is 0.422 e. The van der Waals surface area contributed by atoms with Gasteiger partial charge in [0.2, 0.25) is 0 Å². The van der Waals surface area contributed by atoms with E-state index in [0.29, 0.717) is 25.7 Å². The van der Waals surface area contributed by atoms with Crippen LogP contribution in [0.5, 0.6) is 0 Å². The highest BCUT2D eigenvalue weighted by molar-refractivity contribution is 5.85. The zero-order valence-corrected chi connectivity index (χ0v) is 16.0. The smallest absolute Gasteiger partial charge is 0.422 e. The average Bonchev–Trinajstić information content (AvgIpc) is 2.97. The number of aryl methyl sites for hydroxylation is 1. The Kier molecular flexibility index (Phi) is 6.34. The van der Waals surface area contributed by atoms with Crippen LogP contribution in [-0.4, -0.2) is 41.6 Å². The number of carbonyl (C=O) groups excluding carboxylic acids is 2. The molecule has 1 aliphatic carbocycles. The number of alkyl carbamates (subject to hydrolysis) is 1. The standard InChI is InChI=1S/C20H23F3N2O4/c1-13-10-25(17-5-3-2-4-16(13)17)11-18(26)29-15-8-6-14(7-9-15)24-19(27)28-12-20(21,22)23/h2-5,10,14-15H,6-9,11-12H2,1H3,(H,24,27). The lowest BCUT2D eigenvalue weighted by atomic mass is 9.93. The van der Waals surface area contributed by atoms with E-state index in [0.717, 1.165) is 16.5 Å². The number of esters is 1. The fraction of sp³-hybridized carbons (Fsp3) is 0.500. The van der Waals surface area contributed by atoms with Gasteiger partial charge in [0.15, 0.2) is 6.61 Å². The van der Waals surface area contributed by atoms with Gasteiger partial charge in [0.1, 0.15) is 12.6 Å². The third kappa shape index (κ3) is 5.88. The molecule has 0 atom stereocenters. The molecule has 6 nitrogen and oxygen atoms in total. The van der Waals surface area contributed by atoms with Gasteiger partial charge in [0, 0.05) is 23.1 Å². The monoisotopic (exact) mass is 412 g/mol. The van der Waals surface area contributed by atoms with Gasteiger partial charge in [-0.3, -0.25) is 4.79 Å². The first-order valence-electron chi connectivity index (χ1n) is 9.45. The minimum atomic E-state index is -4.55. The van der Waals surface area contributed by atoms with Crippen molar-refractivity contribution < 1.29 is 32.2 Å². The van der Waals surface area contributed by atoms with E-state index in [9.17, 15) is 22.8 Å². The van der Waals surface area contributed by atoms with Crippen molar-refractivity contribution in [3.05, 3.63) is 36.0 Å². The molecule has 1 heterocycles. The third-order valence-electron chi connectivity index (χ3n) is 4.95. The fourth-order valence-corrected chi connectivity index (χ4v) is 3.60. The molecule has 1 aromatic heterocycles. The number of rotatable bonds is 5. The molecule has 1 aliphatic rings. The van der Waals surface area contributed by atoms with Crippen LogP contribution in [0.4, 0.5) is 18.0 Å². The van der Waals surface area contributed by atoms with Gasteiger partial charge in [-0.25, -0.2) is 4.79 Å². The van der Waals surface area contributed by atoms with E-state index in [-0.39, 0.29) is 24.7 Å². The molecule has 1 aromatic carbocycles. The molecule has 0 aliphatic heterocycles. The van der Waals surface area contributed by atoms with E-state index in [1.807, 2.05) is 42.0 Å². The highest BCUT2D eigenvalue weighted by Crippen LogP contribution is 2.23. The summed E-state index contributed by atoms with van der Waals surface area (Å²) in [6.07, 6.45) is -1.92. The molecule has 1 N–H and O–H groups in total. The van der Waals surface area contributed by atoms with Crippen LogP contribution in [-0.2, 0) is 20.8 Å². The van der Waals surface area contributed by atoms with Crippen LogP contribution >= 0.6 is 0 Å². The third-order valence-corrected chi connectivity index (χ3v) is 4.95. The van der Waals surface area contributed by atoms with Gasteiger partial charge >= 0.3 is 18.2 Å². The van der Waals surface area contributed by atoms with Crippen molar-refractivity contribution in [3.63, 3.8) is 0 Å². The molecule has 1 fully saturated rings. The molecule has 3 rings (SSSR count). The first-order chi connectivity index (χ1) is 13.7. The summed E-state index contributed by atoms with van der Waals surface area (Å²) in [6, 6.07) is 7.52. The van der Waals surface area contributed by atoms with Crippen molar-refractivity contribution in [2.75, 3.05) is 6.61 Å². The summed E-state index contributed by atoms with van der Waals surface area (Å²) in [5, 5.41) is 3.51. The van der Waals surface area contributed by atoms with Crippen molar-refractivity contribution in [2.45, 2.75) is 57.5 Å². The molecular formula is C20H23F3N2O4. The number of aromatic nitrogens is 1. The first kappa shape index (κ1) is 21.0. The molecule has 0 saturated heterocycles. The van der Waals surface area contributed by atoms with Gasteiger partial charge in [-0.1, -0.05) is 18.2 Å². The highest BCUT2D eigenvalue weighted by Gasteiger charge is 2.31. The number of amides is 1. The molecule has 29 heavy (non-hydrogen) atoms. The number of hydrogen-bond donors (Lipinski definition) is 1. The normalized spacial score (nSPS) is 19.7. The largest absolute Gasteiger partial charge is 0.461 e. The second-order valence-corrected chi connectivity index (χ2v) is 7.26. The number of nitrogens with one attached hydrogen (secondary N) is 1. The quantitative estimate of drug-likeness (QED) is 0.751. The summed E-state index contributed by atoms with van der Waals surface area (Å²) in [6.45, 7) is 0.480. The summed E-state index contributed by atoms with van der Waals surface area (Å²) in [4.78, 5) is 23.7. The van der Waals surface area contributed by atoms with Gasteiger partial charge < -0.3 is 19.4 Å². The van der Waals surface area contributed by atoms with Crippen LogP contribution < -0.4 is 5.32 Å². The lowest BCUT2D eigenvalue weighted by Gasteiger charge is -2.28. The predicted octanol–water partition coefficient (Wildman–Crippen LogP) is 4.09. The van der Waals surface area contributed by atoms with Crippen molar-refractivity contribution in [3.8, 4) is 0 Å². The minimum Gasteiger partial charge on any atom is -0.461 e. The average molecular weight is 412 g/mol. The second kappa shape index (κ2) is 8.75. The molecule has 158 valence electrons. The van der Waals surface area contributed by atoms with Gasteiger partial charge in [-0.15, -0.1) is 0 Å². The Morgan fingerprint density at radius 2 is 1.86 bits per heavy atom.